The van der Waals surface area contributed by atoms with Gasteiger partial charge in [-0.2, -0.15) is 0 Å². The molecule has 5 heteroatoms. The molecule has 4 saturated carbocycles. The largest absolute Gasteiger partial charge is 0.507 e. The van der Waals surface area contributed by atoms with Crippen LogP contribution in [0.5, 0.6) is 17.2 Å². The monoisotopic (exact) mass is 472 g/mol. The van der Waals surface area contributed by atoms with E-state index in [1.807, 2.05) is 18.2 Å². The second-order valence-corrected chi connectivity index (χ2v) is 10.9. The van der Waals surface area contributed by atoms with Gasteiger partial charge in [0.15, 0.2) is 0 Å². The molecule has 2 N–H and O–H groups in total. The van der Waals surface area contributed by atoms with Gasteiger partial charge in [-0.3, -0.25) is 0 Å². The predicted molar refractivity (Wildman–Crippen MR) is 135 cm³/mol. The fraction of sp³-hybridized carbons (Fsp3) is 0.433. The van der Waals surface area contributed by atoms with Gasteiger partial charge < -0.3 is 19.7 Å². The molecule has 0 radical (unpaired) electrons. The van der Waals surface area contributed by atoms with E-state index in [-0.39, 0.29) is 29.1 Å². The van der Waals surface area contributed by atoms with Gasteiger partial charge in [0.25, 0.3) is 0 Å². The fourth-order valence-electron chi connectivity index (χ4n) is 7.63. The van der Waals surface area contributed by atoms with Crippen LogP contribution in [-0.2, 0) is 10.2 Å². The Kier molecular flexibility index (Phi) is 5.21. The maximum absolute atomic E-state index is 12.3. The third-order valence-electron chi connectivity index (χ3n) is 8.70. The molecule has 4 aliphatic carbocycles. The summed E-state index contributed by atoms with van der Waals surface area (Å²) in [5, 5.41) is 22.9. The summed E-state index contributed by atoms with van der Waals surface area (Å²) in [5.74, 6) is 2.74. The zero-order chi connectivity index (χ0) is 24.3. The molecule has 4 bridgehead atoms. The summed E-state index contributed by atoms with van der Waals surface area (Å²) < 4.78 is 10.8. The van der Waals surface area contributed by atoms with E-state index in [2.05, 4.69) is 12.1 Å². The minimum atomic E-state index is -0.489. The van der Waals surface area contributed by atoms with E-state index in [1.165, 1.54) is 50.2 Å². The standard InChI is InChI=1S/C30H32O5/c1-3-35-29(33)21-10-25-24(27(32)11-21)9-20(12-28(25)34-2)23-13-22(4-5-26(23)31)30-14-17-6-18(15-30)8-19(7-17)16-30/h4-5,9-13,17-19,31-32H,3,6-8,14-16H2,1-2H3. The Morgan fingerprint density at radius 1 is 0.914 bits per heavy atom. The van der Waals surface area contributed by atoms with E-state index in [9.17, 15) is 15.0 Å². The van der Waals surface area contributed by atoms with E-state index in [1.54, 1.807) is 20.1 Å². The summed E-state index contributed by atoms with van der Waals surface area (Å²) in [5.41, 5.74) is 3.33. The zero-order valence-corrected chi connectivity index (χ0v) is 20.3. The minimum absolute atomic E-state index is 0.0255. The number of phenolic OH excluding ortho intramolecular Hbond substituents is 2. The number of hydrogen-bond acceptors (Lipinski definition) is 5. The topological polar surface area (TPSA) is 76.0 Å². The van der Waals surface area contributed by atoms with Crippen LogP contribution in [0.3, 0.4) is 0 Å². The summed E-state index contributed by atoms with van der Waals surface area (Å²) in [7, 11) is 1.57. The number of hydrogen-bond donors (Lipinski definition) is 2. The maximum atomic E-state index is 12.3. The van der Waals surface area contributed by atoms with Gasteiger partial charge in [-0.05, 0) is 116 Å². The van der Waals surface area contributed by atoms with Crippen LogP contribution in [-0.4, -0.2) is 29.9 Å². The Hall–Kier alpha value is -3.21. The molecule has 0 aliphatic heterocycles. The number of phenols is 2. The molecule has 4 fully saturated rings. The van der Waals surface area contributed by atoms with Crippen molar-refractivity contribution in [3.63, 3.8) is 0 Å². The number of ether oxygens (including phenoxy) is 2. The van der Waals surface area contributed by atoms with Gasteiger partial charge >= 0.3 is 5.97 Å². The molecule has 182 valence electrons. The molecule has 4 aliphatic rings. The molecule has 0 atom stereocenters. The first kappa shape index (κ1) is 22.3. The SMILES string of the molecule is CCOC(=O)c1cc(O)c2cc(-c3cc(C45CC6CC(CC(C6)C4)C5)ccc3O)cc(OC)c2c1. The molecule has 0 spiro atoms. The molecule has 0 aromatic heterocycles. The Bertz CT molecular complexity index is 1290. The lowest BCUT2D eigenvalue weighted by Gasteiger charge is -2.57. The number of rotatable bonds is 5. The fourth-order valence-corrected chi connectivity index (χ4v) is 7.63. The summed E-state index contributed by atoms with van der Waals surface area (Å²) in [4.78, 5) is 12.3. The van der Waals surface area contributed by atoms with Crippen molar-refractivity contribution < 1.29 is 24.5 Å². The average molecular weight is 473 g/mol. The molecule has 0 unspecified atom stereocenters. The zero-order valence-electron chi connectivity index (χ0n) is 20.3. The second-order valence-electron chi connectivity index (χ2n) is 10.9. The van der Waals surface area contributed by atoms with Crippen LogP contribution in [0, 0.1) is 17.8 Å². The molecule has 7 rings (SSSR count). The van der Waals surface area contributed by atoms with Crippen molar-refractivity contribution in [1.29, 1.82) is 0 Å². The lowest BCUT2D eigenvalue weighted by Crippen LogP contribution is -2.48. The Morgan fingerprint density at radius 3 is 2.23 bits per heavy atom. The molecule has 3 aromatic rings. The normalized spacial score (nSPS) is 26.7. The molecule has 0 heterocycles. The molecule has 0 saturated heterocycles. The Balaban J connectivity index is 1.45. The van der Waals surface area contributed by atoms with Gasteiger partial charge in [-0.25, -0.2) is 4.79 Å². The third-order valence-corrected chi connectivity index (χ3v) is 8.70. The summed E-state index contributed by atoms with van der Waals surface area (Å²) >= 11 is 0. The van der Waals surface area contributed by atoms with Crippen molar-refractivity contribution in [3.8, 4) is 28.4 Å². The van der Waals surface area contributed by atoms with Gasteiger partial charge in [0.05, 0.1) is 19.3 Å². The van der Waals surface area contributed by atoms with E-state index in [0.717, 1.165) is 28.9 Å². The Labute approximate surface area is 205 Å². The van der Waals surface area contributed by atoms with Gasteiger partial charge in [0.2, 0.25) is 0 Å². The minimum Gasteiger partial charge on any atom is -0.507 e. The average Bonchev–Trinajstić information content (AvgIpc) is 2.83. The van der Waals surface area contributed by atoms with E-state index < -0.39 is 5.97 Å². The van der Waals surface area contributed by atoms with Crippen molar-refractivity contribution in [2.24, 2.45) is 17.8 Å². The van der Waals surface area contributed by atoms with E-state index in [0.29, 0.717) is 16.5 Å². The quantitative estimate of drug-likeness (QED) is 0.411. The highest BCUT2D eigenvalue weighted by molar-refractivity contribution is 6.02. The van der Waals surface area contributed by atoms with Crippen molar-refractivity contribution in [2.75, 3.05) is 13.7 Å². The lowest BCUT2D eigenvalue weighted by atomic mass is 9.48. The number of fused-ring (bicyclic) bond motifs is 1. The molecule has 5 nitrogen and oxygen atoms in total. The highest BCUT2D eigenvalue weighted by Crippen LogP contribution is 2.61. The molecule has 0 amide bonds. The first-order chi connectivity index (χ1) is 16.9. The lowest BCUT2D eigenvalue weighted by molar-refractivity contribution is -0.00518. The van der Waals surface area contributed by atoms with Gasteiger partial charge in [-0.1, -0.05) is 6.07 Å². The summed E-state index contributed by atoms with van der Waals surface area (Å²) in [6, 6.07) is 12.9. The number of benzene rings is 3. The van der Waals surface area contributed by atoms with Crippen LogP contribution in [0.1, 0.15) is 61.4 Å². The van der Waals surface area contributed by atoms with Crippen LogP contribution in [0.2, 0.25) is 0 Å². The van der Waals surface area contributed by atoms with E-state index >= 15 is 0 Å². The highest BCUT2D eigenvalue weighted by Gasteiger charge is 2.51. The van der Waals surface area contributed by atoms with Crippen molar-refractivity contribution in [2.45, 2.75) is 50.9 Å². The maximum Gasteiger partial charge on any atom is 0.338 e. The predicted octanol–water partition coefficient (Wildman–Crippen LogP) is 6.57. The van der Waals surface area contributed by atoms with Gasteiger partial charge in [0.1, 0.15) is 17.2 Å². The number of methoxy groups -OCH3 is 1. The van der Waals surface area contributed by atoms with Crippen molar-refractivity contribution in [1.82, 2.24) is 0 Å². The van der Waals surface area contributed by atoms with Crippen molar-refractivity contribution in [3.05, 3.63) is 53.6 Å². The number of carbonyl (C=O) groups excluding carboxylic acids is 1. The van der Waals surface area contributed by atoms with Crippen LogP contribution in [0.15, 0.2) is 42.5 Å². The number of aromatic hydroxyl groups is 2. The highest BCUT2D eigenvalue weighted by atomic mass is 16.5. The first-order valence-electron chi connectivity index (χ1n) is 12.7. The van der Waals surface area contributed by atoms with E-state index in [4.69, 9.17) is 9.47 Å². The van der Waals surface area contributed by atoms with Crippen molar-refractivity contribution >= 4 is 16.7 Å². The second kappa shape index (κ2) is 8.18. The van der Waals surface area contributed by atoms with Crippen LogP contribution >= 0.6 is 0 Å². The van der Waals surface area contributed by atoms with Crippen LogP contribution in [0.25, 0.3) is 21.9 Å². The summed E-state index contributed by atoms with van der Waals surface area (Å²) in [6.07, 6.45) is 7.92. The molecular weight excluding hydrogens is 440 g/mol. The Morgan fingerprint density at radius 2 is 1.60 bits per heavy atom. The molecular formula is C30H32O5. The van der Waals surface area contributed by atoms with Crippen LogP contribution in [0.4, 0.5) is 0 Å². The third kappa shape index (κ3) is 3.64. The molecule has 35 heavy (non-hydrogen) atoms. The number of esters is 1. The smallest absolute Gasteiger partial charge is 0.338 e. The molecule has 3 aromatic carbocycles. The first-order valence-corrected chi connectivity index (χ1v) is 12.7. The summed E-state index contributed by atoms with van der Waals surface area (Å²) in [6.45, 7) is 2.00. The number of carbonyl (C=O) groups is 1. The van der Waals surface area contributed by atoms with Gasteiger partial charge in [0, 0.05) is 16.3 Å². The van der Waals surface area contributed by atoms with Gasteiger partial charge in [-0.15, -0.1) is 0 Å². The van der Waals surface area contributed by atoms with Crippen LogP contribution < -0.4 is 4.74 Å².